The van der Waals surface area contributed by atoms with Gasteiger partial charge in [-0.25, -0.2) is 0 Å². The maximum atomic E-state index is 12.3. The number of Topliss-reactive ketones (excluding diaryl/α,β-unsaturated/α-hetero) is 1. The molecule has 2 heterocycles. The molecule has 108 valence electrons. The number of carbonyl (C=O) groups excluding carboxylic acids is 3. The van der Waals surface area contributed by atoms with Gasteiger partial charge in [0.25, 0.3) is 0 Å². The Morgan fingerprint density at radius 2 is 1.90 bits per heavy atom. The zero-order chi connectivity index (χ0) is 15.2. The van der Waals surface area contributed by atoms with E-state index in [0.717, 1.165) is 16.3 Å². The van der Waals surface area contributed by atoms with Crippen LogP contribution in [-0.2, 0) is 16.6 Å². The highest BCUT2D eigenvalue weighted by Crippen LogP contribution is 2.31. The standard InChI is InChI=1S/C15H20N2O3/c1-9-6-11(10(2)16(9)5)12(18)8-17-13(19)7-15(3,4)14(17)20/h6H,7-8H2,1-5H3. The molecule has 0 bridgehead atoms. The van der Waals surface area contributed by atoms with Gasteiger partial charge in [-0.2, -0.15) is 0 Å². The first-order valence-electron chi connectivity index (χ1n) is 6.66. The molecule has 0 radical (unpaired) electrons. The molecule has 0 saturated carbocycles. The molecule has 5 nitrogen and oxygen atoms in total. The van der Waals surface area contributed by atoms with Crippen LogP contribution in [0, 0.1) is 19.3 Å². The zero-order valence-electron chi connectivity index (χ0n) is 12.6. The third-order valence-corrected chi connectivity index (χ3v) is 4.10. The van der Waals surface area contributed by atoms with Gasteiger partial charge in [0.1, 0.15) is 0 Å². The van der Waals surface area contributed by atoms with Crippen molar-refractivity contribution in [2.75, 3.05) is 6.54 Å². The van der Waals surface area contributed by atoms with Crippen molar-refractivity contribution < 1.29 is 14.4 Å². The van der Waals surface area contributed by atoms with E-state index in [0.29, 0.717) is 5.56 Å². The van der Waals surface area contributed by atoms with Gasteiger partial charge in [0.15, 0.2) is 5.78 Å². The van der Waals surface area contributed by atoms with Crippen molar-refractivity contribution in [3.8, 4) is 0 Å². The molecule has 0 aromatic carbocycles. The van der Waals surface area contributed by atoms with Crippen molar-refractivity contribution >= 4 is 17.6 Å². The number of rotatable bonds is 3. The zero-order valence-corrected chi connectivity index (χ0v) is 12.6. The molecule has 5 heteroatoms. The highest BCUT2D eigenvalue weighted by Gasteiger charge is 2.45. The van der Waals surface area contributed by atoms with Gasteiger partial charge < -0.3 is 4.57 Å². The first-order chi connectivity index (χ1) is 9.15. The summed E-state index contributed by atoms with van der Waals surface area (Å²) in [5.74, 6) is -0.717. The summed E-state index contributed by atoms with van der Waals surface area (Å²) in [5.41, 5.74) is 1.71. The maximum Gasteiger partial charge on any atom is 0.235 e. The Morgan fingerprint density at radius 3 is 2.30 bits per heavy atom. The van der Waals surface area contributed by atoms with Gasteiger partial charge in [-0.1, -0.05) is 13.8 Å². The Morgan fingerprint density at radius 1 is 1.30 bits per heavy atom. The van der Waals surface area contributed by atoms with E-state index in [1.165, 1.54) is 0 Å². The van der Waals surface area contributed by atoms with Gasteiger partial charge in [-0.15, -0.1) is 0 Å². The van der Waals surface area contributed by atoms with Crippen molar-refractivity contribution in [3.05, 3.63) is 23.0 Å². The lowest BCUT2D eigenvalue weighted by Gasteiger charge is -2.17. The van der Waals surface area contributed by atoms with Crippen LogP contribution < -0.4 is 0 Å². The second-order valence-corrected chi connectivity index (χ2v) is 6.11. The lowest BCUT2D eigenvalue weighted by Crippen LogP contribution is -2.37. The van der Waals surface area contributed by atoms with E-state index in [1.807, 2.05) is 25.5 Å². The maximum absolute atomic E-state index is 12.3. The van der Waals surface area contributed by atoms with Gasteiger partial charge in [0.2, 0.25) is 11.8 Å². The number of imide groups is 1. The fourth-order valence-electron chi connectivity index (χ4n) is 2.55. The summed E-state index contributed by atoms with van der Waals surface area (Å²) in [4.78, 5) is 37.4. The van der Waals surface area contributed by atoms with E-state index in [1.54, 1.807) is 19.9 Å². The van der Waals surface area contributed by atoms with E-state index in [9.17, 15) is 14.4 Å². The molecule has 0 spiro atoms. The van der Waals surface area contributed by atoms with Crippen LogP contribution >= 0.6 is 0 Å². The summed E-state index contributed by atoms with van der Waals surface area (Å²) in [5, 5.41) is 0. The van der Waals surface area contributed by atoms with Gasteiger partial charge in [-0.3, -0.25) is 19.3 Å². The average Bonchev–Trinajstić information content (AvgIpc) is 2.71. The number of amides is 2. The topological polar surface area (TPSA) is 59.4 Å². The Balaban J connectivity index is 2.23. The van der Waals surface area contributed by atoms with Crippen molar-refractivity contribution in [3.63, 3.8) is 0 Å². The number of hydrogen-bond donors (Lipinski definition) is 0. The largest absolute Gasteiger partial charge is 0.351 e. The second-order valence-electron chi connectivity index (χ2n) is 6.11. The normalized spacial score (nSPS) is 17.9. The first kappa shape index (κ1) is 14.5. The van der Waals surface area contributed by atoms with Crippen molar-refractivity contribution in [2.24, 2.45) is 12.5 Å². The molecule has 1 aromatic heterocycles. The van der Waals surface area contributed by atoms with Crippen LogP contribution in [0.25, 0.3) is 0 Å². The van der Waals surface area contributed by atoms with Crippen molar-refractivity contribution in [1.29, 1.82) is 0 Å². The molecule has 0 atom stereocenters. The predicted molar refractivity (Wildman–Crippen MR) is 74.3 cm³/mol. The number of nitrogens with zero attached hydrogens (tertiary/aromatic N) is 2. The number of hydrogen-bond acceptors (Lipinski definition) is 3. The van der Waals surface area contributed by atoms with Gasteiger partial charge in [0.05, 0.1) is 12.0 Å². The third-order valence-electron chi connectivity index (χ3n) is 4.10. The third kappa shape index (κ3) is 2.17. The quantitative estimate of drug-likeness (QED) is 0.622. The number of carbonyl (C=O) groups is 3. The van der Waals surface area contributed by atoms with E-state index < -0.39 is 5.41 Å². The smallest absolute Gasteiger partial charge is 0.235 e. The summed E-state index contributed by atoms with van der Waals surface area (Å²) < 4.78 is 1.92. The molecule has 0 unspecified atom stereocenters. The van der Waals surface area contributed by atoms with Gasteiger partial charge in [0, 0.05) is 30.4 Å². The fraction of sp³-hybridized carbons (Fsp3) is 0.533. The van der Waals surface area contributed by atoms with Gasteiger partial charge >= 0.3 is 0 Å². The minimum Gasteiger partial charge on any atom is -0.351 e. The lowest BCUT2D eigenvalue weighted by atomic mass is 9.92. The van der Waals surface area contributed by atoms with E-state index >= 15 is 0 Å². The van der Waals surface area contributed by atoms with Crippen LogP contribution in [0.1, 0.15) is 42.0 Å². The Labute approximate surface area is 118 Å². The number of ketones is 1. The van der Waals surface area contributed by atoms with Crippen LogP contribution in [0.5, 0.6) is 0 Å². The van der Waals surface area contributed by atoms with E-state index in [2.05, 4.69) is 0 Å². The summed E-state index contributed by atoms with van der Waals surface area (Å²) in [6.45, 7) is 7.08. The highest BCUT2D eigenvalue weighted by atomic mass is 16.2. The molecular formula is C15H20N2O3. The van der Waals surface area contributed by atoms with E-state index in [4.69, 9.17) is 0 Å². The SMILES string of the molecule is Cc1cc(C(=O)CN2C(=O)CC(C)(C)C2=O)c(C)n1C. The Bertz CT molecular complexity index is 611. The predicted octanol–water partition coefficient (Wildman–Crippen LogP) is 1.61. The molecule has 1 aliphatic heterocycles. The number of aromatic nitrogens is 1. The van der Waals surface area contributed by atoms with Crippen LogP contribution in [0.4, 0.5) is 0 Å². The molecule has 0 N–H and O–H groups in total. The first-order valence-corrected chi connectivity index (χ1v) is 6.66. The second kappa shape index (κ2) is 4.58. The summed E-state index contributed by atoms with van der Waals surface area (Å²) in [6.07, 6.45) is 0.173. The van der Waals surface area contributed by atoms with Crippen LogP contribution in [0.15, 0.2) is 6.07 Å². The van der Waals surface area contributed by atoms with Crippen molar-refractivity contribution in [2.45, 2.75) is 34.1 Å². The van der Waals surface area contributed by atoms with Crippen LogP contribution in [-0.4, -0.2) is 33.6 Å². The van der Waals surface area contributed by atoms with Crippen LogP contribution in [0.3, 0.4) is 0 Å². The minimum atomic E-state index is -0.695. The molecule has 1 fully saturated rings. The van der Waals surface area contributed by atoms with Crippen molar-refractivity contribution in [1.82, 2.24) is 9.47 Å². The molecule has 2 rings (SSSR count). The molecule has 20 heavy (non-hydrogen) atoms. The highest BCUT2D eigenvalue weighted by molar-refractivity contribution is 6.10. The number of aryl methyl sites for hydroxylation is 1. The molecular weight excluding hydrogens is 256 g/mol. The molecule has 1 saturated heterocycles. The molecule has 1 aromatic rings. The number of likely N-dealkylation sites (tertiary alicyclic amines) is 1. The summed E-state index contributed by atoms with van der Waals surface area (Å²) >= 11 is 0. The summed E-state index contributed by atoms with van der Waals surface area (Å²) in [6, 6.07) is 1.80. The average molecular weight is 276 g/mol. The fourth-order valence-corrected chi connectivity index (χ4v) is 2.55. The summed E-state index contributed by atoms with van der Waals surface area (Å²) in [7, 11) is 1.89. The monoisotopic (exact) mass is 276 g/mol. The molecule has 1 aliphatic rings. The van der Waals surface area contributed by atoms with E-state index in [-0.39, 0.29) is 30.6 Å². The molecule has 0 aliphatic carbocycles. The van der Waals surface area contributed by atoms with Gasteiger partial charge in [-0.05, 0) is 19.9 Å². The van der Waals surface area contributed by atoms with Crippen LogP contribution in [0.2, 0.25) is 0 Å². The minimum absolute atomic E-state index is 0.161. The molecule has 2 amide bonds. The lowest BCUT2D eigenvalue weighted by molar-refractivity contribution is -0.140. The Kier molecular flexibility index (Phi) is 3.32. The Hall–Kier alpha value is -1.91.